The van der Waals surface area contributed by atoms with Crippen LogP contribution >= 0.6 is 0 Å². The molecule has 0 radical (unpaired) electrons. The van der Waals surface area contributed by atoms with Crippen LogP contribution in [0.4, 0.5) is 0 Å². The molecule has 0 saturated heterocycles. The van der Waals surface area contributed by atoms with Gasteiger partial charge in [0.2, 0.25) is 6.10 Å². The molecule has 7 nitrogen and oxygen atoms in total. The van der Waals surface area contributed by atoms with Gasteiger partial charge in [0, 0.05) is 18.8 Å². The molecule has 0 aliphatic carbocycles. The molecule has 3 heterocycles. The van der Waals surface area contributed by atoms with E-state index in [1.807, 2.05) is 36.4 Å². The zero-order valence-electron chi connectivity index (χ0n) is 15.6. The normalized spacial score (nSPS) is 19.2. The zero-order chi connectivity index (χ0) is 19.6. The Morgan fingerprint density at radius 1 is 1.00 bits per heavy atom. The topological polar surface area (TPSA) is 82.6 Å². The van der Waals surface area contributed by atoms with E-state index in [4.69, 9.17) is 14.2 Å². The van der Waals surface area contributed by atoms with Gasteiger partial charge in [0.05, 0.1) is 12.1 Å². The second-order valence-electron chi connectivity index (χ2n) is 6.92. The fourth-order valence-corrected chi connectivity index (χ4v) is 3.54. The number of rotatable bonds is 4. The number of para-hydroxylation sites is 3. The molecule has 2 aliphatic heterocycles. The first-order valence-corrected chi connectivity index (χ1v) is 9.50. The van der Waals surface area contributed by atoms with Crippen LogP contribution in [0.5, 0.6) is 17.2 Å². The molecule has 2 aromatic carbocycles. The van der Waals surface area contributed by atoms with Crippen molar-refractivity contribution in [2.24, 2.45) is 0 Å². The number of aromatic nitrogens is 2. The number of hydrogen-bond acceptors (Lipinski definition) is 6. The van der Waals surface area contributed by atoms with Gasteiger partial charge in [-0.3, -0.25) is 4.79 Å². The molecule has 29 heavy (non-hydrogen) atoms. The van der Waals surface area contributed by atoms with E-state index >= 15 is 0 Å². The number of nitrogens with zero attached hydrogens (tertiary/aromatic N) is 2. The molecule has 146 valence electrons. The second-order valence-corrected chi connectivity index (χ2v) is 6.92. The third-order valence-corrected chi connectivity index (χ3v) is 4.94. The standard InChI is InChI=1S/C22H19N3O4/c26-22(19-13-27-17-7-1-2-8-18(17)29-19)25-12-15-11-14-5-3-6-16(20(14)28-15)21-23-9-4-10-24-21/h1-10,15,19H,11-13H2,(H,25,26)/t15-,19+/m0/s1. The summed E-state index contributed by atoms with van der Waals surface area (Å²) in [5.41, 5.74) is 1.94. The van der Waals surface area contributed by atoms with Crippen LogP contribution in [0.15, 0.2) is 60.9 Å². The fourth-order valence-electron chi connectivity index (χ4n) is 3.54. The lowest BCUT2D eigenvalue weighted by Crippen LogP contribution is -2.46. The molecule has 3 aromatic rings. The van der Waals surface area contributed by atoms with Crippen LogP contribution in [0.25, 0.3) is 11.4 Å². The summed E-state index contributed by atoms with van der Waals surface area (Å²) in [4.78, 5) is 21.2. The summed E-state index contributed by atoms with van der Waals surface area (Å²) < 4.78 is 17.5. The van der Waals surface area contributed by atoms with Crippen molar-refractivity contribution >= 4 is 5.91 Å². The monoisotopic (exact) mass is 389 g/mol. The van der Waals surface area contributed by atoms with Gasteiger partial charge in [0.1, 0.15) is 18.5 Å². The molecular formula is C22H19N3O4. The Bertz CT molecular complexity index is 1040. The third-order valence-electron chi connectivity index (χ3n) is 4.94. The van der Waals surface area contributed by atoms with Crippen molar-refractivity contribution in [3.63, 3.8) is 0 Å². The molecule has 0 saturated carbocycles. The Kier molecular flexibility index (Phi) is 4.48. The average Bonchev–Trinajstić information content (AvgIpc) is 3.21. The van der Waals surface area contributed by atoms with Crippen molar-refractivity contribution in [3.05, 3.63) is 66.5 Å². The quantitative estimate of drug-likeness (QED) is 0.738. The predicted octanol–water partition coefficient (Wildman–Crippen LogP) is 2.40. The molecule has 1 aromatic heterocycles. The number of benzene rings is 2. The van der Waals surface area contributed by atoms with E-state index in [1.165, 1.54) is 0 Å². The molecule has 0 bridgehead atoms. The summed E-state index contributed by atoms with van der Waals surface area (Å²) in [6.45, 7) is 0.564. The first-order valence-electron chi connectivity index (χ1n) is 9.50. The Morgan fingerprint density at radius 2 is 1.83 bits per heavy atom. The number of hydrogen-bond donors (Lipinski definition) is 1. The smallest absolute Gasteiger partial charge is 0.264 e. The first-order chi connectivity index (χ1) is 14.3. The van der Waals surface area contributed by atoms with Crippen LogP contribution in [0.3, 0.4) is 0 Å². The Hall–Kier alpha value is -3.61. The number of ether oxygens (including phenoxy) is 3. The minimum Gasteiger partial charge on any atom is -0.487 e. The Labute approximate surface area is 167 Å². The van der Waals surface area contributed by atoms with E-state index in [1.54, 1.807) is 24.5 Å². The zero-order valence-corrected chi connectivity index (χ0v) is 15.6. The molecule has 0 unspecified atom stereocenters. The van der Waals surface area contributed by atoms with E-state index in [9.17, 15) is 4.79 Å². The van der Waals surface area contributed by atoms with Gasteiger partial charge in [0.25, 0.3) is 5.91 Å². The van der Waals surface area contributed by atoms with Crippen molar-refractivity contribution in [1.82, 2.24) is 15.3 Å². The number of nitrogens with one attached hydrogen (secondary N) is 1. The van der Waals surface area contributed by atoms with E-state index < -0.39 is 6.10 Å². The summed E-state index contributed by atoms with van der Waals surface area (Å²) >= 11 is 0. The molecule has 1 amide bonds. The number of amides is 1. The molecule has 2 atom stereocenters. The van der Waals surface area contributed by atoms with Crippen molar-refractivity contribution in [2.75, 3.05) is 13.2 Å². The van der Waals surface area contributed by atoms with Crippen LogP contribution in [-0.2, 0) is 11.2 Å². The van der Waals surface area contributed by atoms with Gasteiger partial charge in [-0.15, -0.1) is 0 Å². The lowest BCUT2D eigenvalue weighted by atomic mass is 10.1. The lowest BCUT2D eigenvalue weighted by molar-refractivity contribution is -0.130. The minimum absolute atomic E-state index is 0.157. The Balaban J connectivity index is 1.22. The van der Waals surface area contributed by atoms with Gasteiger partial charge in [-0.2, -0.15) is 0 Å². The van der Waals surface area contributed by atoms with E-state index in [2.05, 4.69) is 15.3 Å². The number of fused-ring (bicyclic) bond motifs is 2. The molecule has 2 aliphatic rings. The van der Waals surface area contributed by atoms with Gasteiger partial charge in [-0.25, -0.2) is 9.97 Å². The maximum atomic E-state index is 12.5. The summed E-state index contributed by atoms with van der Waals surface area (Å²) in [7, 11) is 0. The predicted molar refractivity (Wildman–Crippen MR) is 105 cm³/mol. The highest BCUT2D eigenvalue weighted by atomic mass is 16.6. The maximum absolute atomic E-state index is 12.5. The fraction of sp³-hybridized carbons (Fsp3) is 0.227. The summed E-state index contributed by atoms with van der Waals surface area (Å²) in [6.07, 6.45) is 3.29. The summed E-state index contributed by atoms with van der Waals surface area (Å²) in [5, 5.41) is 2.92. The third kappa shape index (κ3) is 3.47. The first kappa shape index (κ1) is 17.5. The molecule has 5 rings (SSSR count). The van der Waals surface area contributed by atoms with Crippen molar-refractivity contribution in [1.29, 1.82) is 0 Å². The van der Waals surface area contributed by atoms with Crippen LogP contribution < -0.4 is 19.5 Å². The average molecular weight is 389 g/mol. The van der Waals surface area contributed by atoms with Gasteiger partial charge >= 0.3 is 0 Å². The van der Waals surface area contributed by atoms with Gasteiger partial charge in [0.15, 0.2) is 17.3 Å². The van der Waals surface area contributed by atoms with Gasteiger partial charge in [-0.1, -0.05) is 24.3 Å². The summed E-state index contributed by atoms with van der Waals surface area (Å²) in [6, 6.07) is 15.0. The van der Waals surface area contributed by atoms with Crippen LogP contribution in [0, 0.1) is 0 Å². The highest BCUT2D eigenvalue weighted by molar-refractivity contribution is 5.81. The molecule has 7 heteroatoms. The highest BCUT2D eigenvalue weighted by Gasteiger charge is 2.30. The number of carbonyl (C=O) groups is 1. The SMILES string of the molecule is O=C(NC[C@@H]1Cc2cccc(-c3ncccn3)c2O1)[C@H]1COc2ccccc2O1. The molecule has 0 spiro atoms. The van der Waals surface area contributed by atoms with E-state index in [0.29, 0.717) is 30.3 Å². The summed E-state index contributed by atoms with van der Waals surface area (Å²) in [5.74, 6) is 2.42. The second kappa shape index (κ2) is 7.43. The highest BCUT2D eigenvalue weighted by Crippen LogP contribution is 2.37. The van der Waals surface area contributed by atoms with E-state index in [-0.39, 0.29) is 18.6 Å². The van der Waals surface area contributed by atoms with Crippen LogP contribution in [0.1, 0.15) is 5.56 Å². The van der Waals surface area contributed by atoms with Crippen molar-refractivity contribution < 1.29 is 19.0 Å². The van der Waals surface area contributed by atoms with Crippen molar-refractivity contribution in [3.8, 4) is 28.6 Å². The molecule has 0 fully saturated rings. The largest absolute Gasteiger partial charge is 0.487 e. The lowest BCUT2D eigenvalue weighted by Gasteiger charge is -2.26. The maximum Gasteiger partial charge on any atom is 0.264 e. The van der Waals surface area contributed by atoms with E-state index in [0.717, 1.165) is 16.9 Å². The van der Waals surface area contributed by atoms with Crippen LogP contribution in [-0.4, -0.2) is 41.2 Å². The van der Waals surface area contributed by atoms with Crippen LogP contribution in [0.2, 0.25) is 0 Å². The molecular weight excluding hydrogens is 370 g/mol. The van der Waals surface area contributed by atoms with Gasteiger partial charge < -0.3 is 19.5 Å². The van der Waals surface area contributed by atoms with Crippen molar-refractivity contribution in [2.45, 2.75) is 18.6 Å². The molecule has 1 N–H and O–H groups in total. The number of carbonyl (C=O) groups excluding carboxylic acids is 1. The minimum atomic E-state index is -0.679. The Morgan fingerprint density at radius 3 is 2.69 bits per heavy atom. The van der Waals surface area contributed by atoms with Gasteiger partial charge in [-0.05, 0) is 29.8 Å².